The summed E-state index contributed by atoms with van der Waals surface area (Å²) in [6, 6.07) is 15.4. The Bertz CT molecular complexity index is 1240. The molecule has 0 saturated carbocycles. The first-order valence-corrected chi connectivity index (χ1v) is 11.5. The fourth-order valence-corrected chi connectivity index (χ4v) is 4.62. The Morgan fingerprint density at radius 3 is 2.70 bits per heavy atom. The maximum Gasteiger partial charge on any atom is 0.213 e. The van der Waals surface area contributed by atoms with Gasteiger partial charge in [0.1, 0.15) is 0 Å². The van der Waals surface area contributed by atoms with Crippen LogP contribution in [0.25, 0.3) is 22.3 Å². The smallest absolute Gasteiger partial charge is 0.213 e. The van der Waals surface area contributed by atoms with Crippen LogP contribution in [0.4, 0.5) is 0 Å². The van der Waals surface area contributed by atoms with Crippen LogP contribution in [0.5, 0.6) is 5.88 Å². The third-order valence-electron chi connectivity index (χ3n) is 6.35. The van der Waals surface area contributed by atoms with Crippen LogP contribution in [-0.2, 0) is 0 Å². The van der Waals surface area contributed by atoms with Crippen LogP contribution >= 0.6 is 11.6 Å². The van der Waals surface area contributed by atoms with E-state index in [1.807, 2.05) is 36.4 Å². The largest absolute Gasteiger partial charge is 0.481 e. The quantitative estimate of drug-likeness (QED) is 0.434. The lowest BCUT2D eigenvalue weighted by molar-refractivity contribution is 0.0977. The molecule has 0 amide bonds. The first kappa shape index (κ1) is 21.8. The highest BCUT2D eigenvalue weighted by Crippen LogP contribution is 2.31. The molecule has 3 aromatic heterocycles. The molecule has 0 aliphatic carbocycles. The van der Waals surface area contributed by atoms with Gasteiger partial charge in [0.15, 0.2) is 0 Å². The molecule has 1 aliphatic heterocycles. The highest BCUT2D eigenvalue weighted by Gasteiger charge is 2.25. The molecule has 0 radical (unpaired) electrons. The Morgan fingerprint density at radius 1 is 1.15 bits per heavy atom. The molecular weight excluding hydrogens is 438 g/mol. The standard InChI is InChI=1S/C25H26ClN5O2/c1-33-24-7-6-20-25(28-24)19(8-11-27-20)23(32)15-31-12-9-17(10-13-31)22-14-21(29-30-22)16-2-4-18(26)5-3-16/h2-8,11,14,17,23,32H,9-10,12-13,15H2,1H3,(H,29,30)/t23-/m0/s1. The minimum absolute atomic E-state index is 0.430. The summed E-state index contributed by atoms with van der Waals surface area (Å²) in [5.41, 5.74) is 5.37. The molecule has 1 fully saturated rings. The van der Waals surface area contributed by atoms with Gasteiger partial charge in [-0.2, -0.15) is 5.10 Å². The average molecular weight is 464 g/mol. The van der Waals surface area contributed by atoms with Gasteiger partial charge in [0, 0.05) is 46.6 Å². The number of rotatable bonds is 6. The van der Waals surface area contributed by atoms with Gasteiger partial charge in [0.2, 0.25) is 5.88 Å². The normalized spacial score (nSPS) is 16.2. The number of halogens is 1. The van der Waals surface area contributed by atoms with Crippen molar-refractivity contribution in [3.8, 4) is 17.1 Å². The van der Waals surface area contributed by atoms with Crippen molar-refractivity contribution in [3.63, 3.8) is 0 Å². The Hall–Kier alpha value is -3.00. The predicted octanol–water partition coefficient (Wildman–Crippen LogP) is 4.59. The van der Waals surface area contributed by atoms with Crippen LogP contribution in [0.2, 0.25) is 5.02 Å². The fourth-order valence-electron chi connectivity index (χ4n) is 4.49. The lowest BCUT2D eigenvalue weighted by Crippen LogP contribution is -2.36. The highest BCUT2D eigenvalue weighted by atomic mass is 35.5. The van der Waals surface area contributed by atoms with Crippen LogP contribution in [0.1, 0.15) is 36.1 Å². The van der Waals surface area contributed by atoms with E-state index in [4.69, 9.17) is 16.3 Å². The molecule has 0 bridgehead atoms. The third-order valence-corrected chi connectivity index (χ3v) is 6.61. The second-order valence-electron chi connectivity index (χ2n) is 8.43. The number of aliphatic hydroxyl groups is 1. The number of nitrogens with one attached hydrogen (secondary N) is 1. The number of hydrogen-bond acceptors (Lipinski definition) is 6. The maximum absolute atomic E-state index is 11.0. The van der Waals surface area contributed by atoms with E-state index in [2.05, 4.69) is 31.1 Å². The molecular formula is C25H26ClN5O2. The second-order valence-corrected chi connectivity index (χ2v) is 8.86. The molecule has 5 rings (SSSR count). The van der Waals surface area contributed by atoms with Gasteiger partial charge in [0.05, 0.1) is 29.9 Å². The van der Waals surface area contributed by atoms with E-state index in [0.717, 1.165) is 59.0 Å². The van der Waals surface area contributed by atoms with Crippen molar-refractivity contribution in [1.29, 1.82) is 0 Å². The Balaban J connectivity index is 1.22. The monoisotopic (exact) mass is 463 g/mol. The molecule has 1 saturated heterocycles. The average Bonchev–Trinajstić information content (AvgIpc) is 3.34. The second kappa shape index (κ2) is 9.47. The molecule has 2 N–H and O–H groups in total. The van der Waals surface area contributed by atoms with Crippen LogP contribution in [-0.4, -0.2) is 56.9 Å². The van der Waals surface area contributed by atoms with E-state index in [-0.39, 0.29) is 0 Å². The van der Waals surface area contributed by atoms with Crippen LogP contribution in [0, 0.1) is 0 Å². The Labute approximate surface area is 197 Å². The lowest BCUT2D eigenvalue weighted by Gasteiger charge is -2.32. The first-order valence-electron chi connectivity index (χ1n) is 11.1. The van der Waals surface area contributed by atoms with Gasteiger partial charge < -0.3 is 14.7 Å². The van der Waals surface area contributed by atoms with Crippen molar-refractivity contribution >= 4 is 22.6 Å². The van der Waals surface area contributed by atoms with Gasteiger partial charge in [-0.1, -0.05) is 23.7 Å². The van der Waals surface area contributed by atoms with E-state index >= 15 is 0 Å². The van der Waals surface area contributed by atoms with E-state index < -0.39 is 6.10 Å². The van der Waals surface area contributed by atoms with Crippen molar-refractivity contribution in [2.45, 2.75) is 24.9 Å². The Kier molecular flexibility index (Phi) is 6.26. The van der Waals surface area contributed by atoms with Crippen LogP contribution < -0.4 is 4.74 Å². The number of likely N-dealkylation sites (tertiary alicyclic amines) is 1. The lowest BCUT2D eigenvalue weighted by atomic mass is 9.92. The van der Waals surface area contributed by atoms with Gasteiger partial charge in [0.25, 0.3) is 0 Å². The van der Waals surface area contributed by atoms with Gasteiger partial charge in [-0.05, 0) is 56.3 Å². The molecule has 1 atom stereocenters. The van der Waals surface area contributed by atoms with Gasteiger partial charge in [-0.15, -0.1) is 0 Å². The summed E-state index contributed by atoms with van der Waals surface area (Å²) in [5, 5.41) is 19.4. The SMILES string of the molecule is COc1ccc2nccc([C@@H](O)CN3CCC(c4cc(-c5ccc(Cl)cc5)n[nH]4)CC3)c2n1. The topological polar surface area (TPSA) is 87.2 Å². The summed E-state index contributed by atoms with van der Waals surface area (Å²) in [6.07, 6.45) is 3.10. The zero-order chi connectivity index (χ0) is 22.8. The van der Waals surface area contributed by atoms with Gasteiger partial charge >= 0.3 is 0 Å². The number of methoxy groups -OCH3 is 1. The fraction of sp³-hybridized carbons (Fsp3) is 0.320. The molecule has 4 aromatic rings. The molecule has 170 valence electrons. The summed E-state index contributed by atoms with van der Waals surface area (Å²) in [5.74, 6) is 0.946. The van der Waals surface area contributed by atoms with Gasteiger partial charge in [-0.3, -0.25) is 10.1 Å². The summed E-state index contributed by atoms with van der Waals surface area (Å²) in [4.78, 5) is 11.2. The molecule has 33 heavy (non-hydrogen) atoms. The highest BCUT2D eigenvalue weighted by molar-refractivity contribution is 6.30. The number of β-amino-alcohol motifs (C(OH)–C–C–N with tert-alkyl or cyclic N) is 1. The van der Waals surface area contributed by atoms with Crippen LogP contribution in [0.3, 0.4) is 0 Å². The van der Waals surface area contributed by atoms with E-state index in [1.54, 1.807) is 19.4 Å². The number of ether oxygens (including phenoxy) is 1. The van der Waals surface area contributed by atoms with Crippen molar-refractivity contribution in [2.75, 3.05) is 26.7 Å². The summed E-state index contributed by atoms with van der Waals surface area (Å²) >= 11 is 5.99. The van der Waals surface area contributed by atoms with Crippen LogP contribution in [0.15, 0.2) is 54.7 Å². The van der Waals surface area contributed by atoms with Crippen molar-refractivity contribution in [3.05, 3.63) is 71.0 Å². The number of H-pyrrole nitrogens is 1. The summed E-state index contributed by atoms with van der Waals surface area (Å²) < 4.78 is 5.25. The minimum Gasteiger partial charge on any atom is -0.481 e. The molecule has 0 spiro atoms. The number of benzene rings is 1. The Morgan fingerprint density at radius 2 is 1.94 bits per heavy atom. The summed E-state index contributed by atoms with van der Waals surface area (Å²) in [7, 11) is 1.59. The zero-order valence-corrected chi connectivity index (χ0v) is 19.2. The number of hydrogen-bond donors (Lipinski definition) is 2. The number of aliphatic hydroxyl groups excluding tert-OH is 1. The van der Waals surface area contributed by atoms with Crippen molar-refractivity contribution in [1.82, 2.24) is 25.1 Å². The number of aromatic nitrogens is 4. The number of fused-ring (bicyclic) bond motifs is 1. The van der Waals surface area contributed by atoms with Crippen molar-refractivity contribution < 1.29 is 9.84 Å². The molecule has 8 heteroatoms. The predicted molar refractivity (Wildman–Crippen MR) is 128 cm³/mol. The number of piperidine rings is 1. The van der Waals surface area contributed by atoms with Gasteiger partial charge in [-0.25, -0.2) is 4.98 Å². The molecule has 1 aromatic carbocycles. The number of nitrogens with zero attached hydrogens (tertiary/aromatic N) is 4. The maximum atomic E-state index is 11.0. The number of pyridine rings is 2. The summed E-state index contributed by atoms with van der Waals surface area (Å²) in [6.45, 7) is 2.39. The zero-order valence-electron chi connectivity index (χ0n) is 18.4. The molecule has 4 heterocycles. The van der Waals surface area contributed by atoms with Crippen molar-refractivity contribution in [2.24, 2.45) is 0 Å². The number of aromatic amines is 1. The van der Waals surface area contributed by atoms with E-state index in [1.165, 1.54) is 0 Å². The minimum atomic E-state index is -0.643. The molecule has 1 aliphatic rings. The first-order chi connectivity index (χ1) is 16.1. The molecule has 0 unspecified atom stereocenters. The third kappa shape index (κ3) is 4.71. The van der Waals surface area contributed by atoms with E-state index in [9.17, 15) is 5.11 Å². The van der Waals surface area contributed by atoms with E-state index in [0.29, 0.717) is 23.9 Å². The molecule has 7 nitrogen and oxygen atoms in total.